The van der Waals surface area contributed by atoms with Gasteiger partial charge >= 0.3 is 5.97 Å². The van der Waals surface area contributed by atoms with Crippen molar-refractivity contribution in [1.82, 2.24) is 16.0 Å². The highest BCUT2D eigenvalue weighted by atomic mass is 32.1. The van der Waals surface area contributed by atoms with E-state index in [-0.39, 0.29) is 18.2 Å². The summed E-state index contributed by atoms with van der Waals surface area (Å²) in [5.74, 6) is -2.04. The number of likely N-dealkylation sites (N-methyl/N-ethyl adjacent to an activating group) is 1. The van der Waals surface area contributed by atoms with Crippen LogP contribution in [0.3, 0.4) is 0 Å². The molecule has 0 aliphatic heterocycles. The van der Waals surface area contributed by atoms with Crippen LogP contribution in [-0.2, 0) is 30.3 Å². The molecule has 0 saturated heterocycles. The molecule has 8 nitrogen and oxygen atoms in total. The maximum Gasteiger partial charge on any atom is 0.308 e. The van der Waals surface area contributed by atoms with E-state index in [1.165, 1.54) is 14.2 Å². The summed E-state index contributed by atoms with van der Waals surface area (Å²) in [5.41, 5.74) is 0.901. The van der Waals surface area contributed by atoms with Gasteiger partial charge in [0.05, 0.1) is 18.3 Å². The van der Waals surface area contributed by atoms with Crippen LogP contribution < -0.4 is 16.0 Å². The molecule has 0 saturated carbocycles. The zero-order valence-electron chi connectivity index (χ0n) is 19.4. The largest absolute Gasteiger partial charge is 0.469 e. The average molecular weight is 466 g/mol. The van der Waals surface area contributed by atoms with E-state index in [1.54, 1.807) is 6.92 Å². The van der Waals surface area contributed by atoms with E-state index >= 15 is 0 Å². The Morgan fingerprint density at radius 1 is 0.906 bits per heavy atom. The van der Waals surface area contributed by atoms with Gasteiger partial charge in [0.15, 0.2) is 0 Å². The van der Waals surface area contributed by atoms with Crippen molar-refractivity contribution in [2.45, 2.75) is 57.4 Å². The molecule has 1 aromatic carbocycles. The quantitative estimate of drug-likeness (QED) is 0.276. The van der Waals surface area contributed by atoms with Gasteiger partial charge in [-0.15, -0.1) is 0 Å². The molecular weight excluding hydrogens is 430 g/mol. The van der Waals surface area contributed by atoms with Crippen molar-refractivity contribution in [2.75, 3.05) is 14.2 Å². The van der Waals surface area contributed by atoms with Crippen LogP contribution >= 0.6 is 12.6 Å². The fourth-order valence-electron chi connectivity index (χ4n) is 3.22. The van der Waals surface area contributed by atoms with E-state index < -0.39 is 41.0 Å². The number of rotatable bonds is 12. The summed E-state index contributed by atoms with van der Waals surface area (Å²) >= 11 is 4.30. The van der Waals surface area contributed by atoms with Crippen molar-refractivity contribution < 1.29 is 23.9 Å². The molecule has 0 spiro atoms. The number of ether oxygens (including phenoxy) is 1. The Morgan fingerprint density at radius 2 is 1.50 bits per heavy atom. The van der Waals surface area contributed by atoms with Crippen LogP contribution in [0.1, 0.15) is 39.2 Å². The molecule has 3 N–H and O–H groups in total. The lowest BCUT2D eigenvalue weighted by molar-refractivity contribution is -0.145. The first kappa shape index (κ1) is 27.5. The second kappa shape index (κ2) is 13.8. The zero-order valence-corrected chi connectivity index (χ0v) is 20.3. The lowest BCUT2D eigenvalue weighted by Crippen LogP contribution is -2.55. The fraction of sp³-hybridized carbons (Fsp3) is 0.565. The molecule has 0 fully saturated rings. The minimum atomic E-state index is -0.839. The Morgan fingerprint density at radius 3 is 2.03 bits per heavy atom. The summed E-state index contributed by atoms with van der Waals surface area (Å²) in [6, 6.07) is 7.73. The predicted octanol–water partition coefficient (Wildman–Crippen LogP) is 1.49. The molecule has 9 heteroatoms. The number of amides is 3. The van der Waals surface area contributed by atoms with Gasteiger partial charge in [0, 0.05) is 13.5 Å². The highest BCUT2D eigenvalue weighted by Crippen LogP contribution is 2.14. The predicted molar refractivity (Wildman–Crippen MR) is 126 cm³/mol. The van der Waals surface area contributed by atoms with Crippen molar-refractivity contribution in [3.63, 3.8) is 0 Å². The lowest BCUT2D eigenvalue weighted by Gasteiger charge is -2.25. The van der Waals surface area contributed by atoms with Crippen molar-refractivity contribution >= 4 is 36.3 Å². The van der Waals surface area contributed by atoms with E-state index in [1.807, 2.05) is 44.2 Å². The monoisotopic (exact) mass is 465 g/mol. The summed E-state index contributed by atoms with van der Waals surface area (Å²) in [4.78, 5) is 49.7. The molecule has 0 bridgehead atoms. The maximum atomic E-state index is 13.0. The van der Waals surface area contributed by atoms with Gasteiger partial charge in [-0.2, -0.15) is 12.6 Å². The standard InChI is InChI=1S/C23H35N3O5S/c1-14(2)11-17(26-22(29)19(32)12-15(3)23(30)31-5)21(28)25-18(20(27)24-4)13-16-9-7-6-8-10-16/h6-10,14-15,17-19,32H,11-13H2,1-5H3,(H,24,27)(H,25,28)(H,26,29)/t15?,17-,18-,19?/m0/s1. The fourth-order valence-corrected chi connectivity index (χ4v) is 3.61. The minimum Gasteiger partial charge on any atom is -0.469 e. The van der Waals surface area contributed by atoms with Gasteiger partial charge in [0.1, 0.15) is 12.1 Å². The van der Waals surface area contributed by atoms with Crippen LogP contribution in [-0.4, -0.2) is 55.2 Å². The van der Waals surface area contributed by atoms with Crippen LogP contribution in [0.5, 0.6) is 0 Å². The third kappa shape index (κ3) is 9.30. The molecule has 0 aliphatic carbocycles. The average Bonchev–Trinajstić information content (AvgIpc) is 2.77. The van der Waals surface area contributed by atoms with E-state index in [2.05, 4.69) is 33.3 Å². The molecule has 32 heavy (non-hydrogen) atoms. The van der Waals surface area contributed by atoms with Crippen molar-refractivity contribution in [1.29, 1.82) is 0 Å². The van der Waals surface area contributed by atoms with Crippen molar-refractivity contribution in [2.24, 2.45) is 11.8 Å². The summed E-state index contributed by atoms with van der Waals surface area (Å²) in [6.07, 6.45) is 0.878. The van der Waals surface area contributed by atoms with Gasteiger partial charge in [-0.05, 0) is 24.3 Å². The number of hydrogen-bond donors (Lipinski definition) is 4. The van der Waals surface area contributed by atoms with Crippen molar-refractivity contribution in [3.05, 3.63) is 35.9 Å². The molecule has 1 aromatic rings. The van der Waals surface area contributed by atoms with Gasteiger partial charge in [0.25, 0.3) is 0 Å². The first-order valence-electron chi connectivity index (χ1n) is 10.7. The van der Waals surface area contributed by atoms with Crippen LogP contribution in [0.4, 0.5) is 0 Å². The summed E-state index contributed by atoms with van der Waals surface area (Å²) < 4.78 is 4.68. The lowest BCUT2D eigenvalue weighted by atomic mass is 10.00. The first-order valence-corrected chi connectivity index (χ1v) is 11.2. The van der Waals surface area contributed by atoms with Crippen LogP contribution in [0, 0.1) is 11.8 Å². The molecule has 0 aromatic heterocycles. The number of hydrogen-bond acceptors (Lipinski definition) is 6. The first-order chi connectivity index (χ1) is 15.1. The Labute approximate surface area is 195 Å². The van der Waals surface area contributed by atoms with Crippen molar-refractivity contribution in [3.8, 4) is 0 Å². The number of esters is 1. The number of nitrogens with one attached hydrogen (secondary N) is 3. The Hall–Kier alpha value is -2.55. The highest BCUT2D eigenvalue weighted by Gasteiger charge is 2.29. The number of methoxy groups -OCH3 is 1. The summed E-state index contributed by atoms with van der Waals surface area (Å²) in [6.45, 7) is 5.52. The maximum absolute atomic E-state index is 13.0. The van der Waals surface area contributed by atoms with Crippen LogP contribution in [0.25, 0.3) is 0 Å². The van der Waals surface area contributed by atoms with Crippen LogP contribution in [0.15, 0.2) is 30.3 Å². The molecular formula is C23H35N3O5S. The molecule has 0 aliphatic rings. The number of carbonyl (C=O) groups excluding carboxylic acids is 4. The Kier molecular flexibility index (Phi) is 11.8. The van der Waals surface area contributed by atoms with E-state index in [0.717, 1.165) is 5.56 Å². The Bertz CT molecular complexity index is 772. The van der Waals surface area contributed by atoms with Gasteiger partial charge < -0.3 is 20.7 Å². The van der Waals surface area contributed by atoms with Crippen LogP contribution in [0.2, 0.25) is 0 Å². The van der Waals surface area contributed by atoms with Gasteiger partial charge in [-0.25, -0.2) is 0 Å². The third-order valence-electron chi connectivity index (χ3n) is 4.99. The number of carbonyl (C=O) groups is 4. The second-order valence-electron chi connectivity index (χ2n) is 8.23. The molecule has 0 radical (unpaired) electrons. The zero-order chi connectivity index (χ0) is 24.3. The third-order valence-corrected chi connectivity index (χ3v) is 5.43. The topological polar surface area (TPSA) is 114 Å². The summed E-state index contributed by atoms with van der Waals surface area (Å²) in [7, 11) is 2.79. The smallest absolute Gasteiger partial charge is 0.308 e. The molecule has 2 unspecified atom stereocenters. The second-order valence-corrected chi connectivity index (χ2v) is 8.85. The van der Waals surface area contributed by atoms with E-state index in [9.17, 15) is 19.2 Å². The molecule has 0 heterocycles. The van der Waals surface area contributed by atoms with Gasteiger partial charge in [0.2, 0.25) is 17.7 Å². The molecule has 178 valence electrons. The van der Waals surface area contributed by atoms with E-state index in [4.69, 9.17) is 0 Å². The Balaban J connectivity index is 2.89. The van der Waals surface area contributed by atoms with Gasteiger partial charge in [-0.3, -0.25) is 19.2 Å². The molecule has 3 amide bonds. The highest BCUT2D eigenvalue weighted by molar-refractivity contribution is 7.81. The number of benzene rings is 1. The number of thiol groups is 1. The van der Waals surface area contributed by atoms with E-state index in [0.29, 0.717) is 12.8 Å². The van der Waals surface area contributed by atoms with Gasteiger partial charge in [-0.1, -0.05) is 51.1 Å². The normalized spacial score (nSPS) is 14.6. The SMILES string of the molecule is CNC(=O)[C@H](Cc1ccccc1)NC(=O)[C@H](CC(C)C)NC(=O)C(S)CC(C)C(=O)OC. The minimum absolute atomic E-state index is 0.117. The molecule has 1 rings (SSSR count). The summed E-state index contributed by atoms with van der Waals surface area (Å²) in [5, 5.41) is 7.28. The molecule has 4 atom stereocenters.